The van der Waals surface area contributed by atoms with Crippen molar-refractivity contribution < 1.29 is 4.39 Å². The van der Waals surface area contributed by atoms with E-state index < -0.39 is 0 Å². The first kappa shape index (κ1) is 21.6. The first-order chi connectivity index (χ1) is 12.5. The van der Waals surface area contributed by atoms with Crippen LogP contribution >= 0.6 is 24.0 Å². The number of anilines is 1. The molecule has 0 saturated heterocycles. The van der Waals surface area contributed by atoms with Crippen LogP contribution < -0.4 is 11.1 Å². The average Bonchev–Trinajstić information content (AvgIpc) is 2.63. The van der Waals surface area contributed by atoms with Gasteiger partial charge in [0.05, 0.1) is 12.6 Å². The molecule has 1 aliphatic carbocycles. The number of benzene rings is 2. The van der Waals surface area contributed by atoms with Gasteiger partial charge in [0.1, 0.15) is 5.82 Å². The number of guanidine groups is 1. The van der Waals surface area contributed by atoms with Crippen molar-refractivity contribution in [2.45, 2.75) is 31.7 Å². The van der Waals surface area contributed by atoms with E-state index in [1.807, 2.05) is 14.1 Å². The minimum Gasteiger partial charge on any atom is -0.370 e. The Morgan fingerprint density at radius 3 is 2.56 bits per heavy atom. The highest BCUT2D eigenvalue weighted by Crippen LogP contribution is 2.27. The van der Waals surface area contributed by atoms with Crippen molar-refractivity contribution in [2.75, 3.05) is 26.0 Å². The summed E-state index contributed by atoms with van der Waals surface area (Å²) in [6.07, 6.45) is 4.69. The van der Waals surface area contributed by atoms with Gasteiger partial charge in [0.25, 0.3) is 0 Å². The van der Waals surface area contributed by atoms with Crippen LogP contribution in [0, 0.1) is 5.82 Å². The molecule has 2 aromatic carbocycles. The fourth-order valence-electron chi connectivity index (χ4n) is 3.51. The third-order valence-electron chi connectivity index (χ3n) is 4.97. The van der Waals surface area contributed by atoms with Gasteiger partial charge in [0.15, 0.2) is 5.96 Å². The summed E-state index contributed by atoms with van der Waals surface area (Å²) in [6.45, 7) is 0.506. The Morgan fingerprint density at radius 1 is 1.15 bits per heavy atom. The van der Waals surface area contributed by atoms with Crippen LogP contribution in [0.5, 0.6) is 0 Å². The van der Waals surface area contributed by atoms with Crippen LogP contribution in [0.2, 0.25) is 0 Å². The van der Waals surface area contributed by atoms with Crippen molar-refractivity contribution in [3.63, 3.8) is 0 Å². The summed E-state index contributed by atoms with van der Waals surface area (Å²) in [4.78, 5) is 6.60. The maximum atomic E-state index is 13.2. The topological polar surface area (TPSA) is 53.6 Å². The number of hydrogen-bond donors (Lipinski definition) is 2. The highest BCUT2D eigenvalue weighted by Gasteiger charge is 2.15. The molecule has 4 nitrogen and oxygen atoms in total. The van der Waals surface area contributed by atoms with Gasteiger partial charge in [-0.05, 0) is 74.7 Å². The molecule has 0 heterocycles. The summed E-state index contributed by atoms with van der Waals surface area (Å²) in [5, 5.41) is 3.27. The number of aryl methyl sites for hydroxylation is 1. The predicted molar refractivity (Wildman–Crippen MR) is 121 cm³/mol. The second-order valence-electron chi connectivity index (χ2n) is 7.03. The zero-order valence-corrected chi connectivity index (χ0v) is 18.2. The lowest BCUT2D eigenvalue weighted by Crippen LogP contribution is -2.28. The molecule has 1 aliphatic rings. The quantitative estimate of drug-likeness (QED) is 0.379. The second-order valence-corrected chi connectivity index (χ2v) is 7.03. The summed E-state index contributed by atoms with van der Waals surface area (Å²) in [7, 11) is 3.97. The number of nitrogens with one attached hydrogen (secondary N) is 1. The lowest BCUT2D eigenvalue weighted by atomic mass is 9.90. The van der Waals surface area contributed by atoms with Crippen LogP contribution in [0.1, 0.15) is 35.6 Å². The third-order valence-corrected chi connectivity index (χ3v) is 4.97. The highest BCUT2D eigenvalue weighted by atomic mass is 127. The molecule has 0 saturated carbocycles. The molecule has 1 unspecified atom stereocenters. The second kappa shape index (κ2) is 10.0. The maximum absolute atomic E-state index is 13.2. The fraction of sp³-hybridized carbons (Fsp3) is 0.381. The molecule has 27 heavy (non-hydrogen) atoms. The van der Waals surface area contributed by atoms with Crippen LogP contribution in [-0.2, 0) is 12.8 Å². The van der Waals surface area contributed by atoms with Crippen LogP contribution in [0.3, 0.4) is 0 Å². The molecule has 2 aromatic rings. The Hall–Kier alpha value is -1.67. The number of aliphatic imine (C=N–C) groups is 1. The molecule has 0 spiro atoms. The Bertz CT molecular complexity index is 774. The van der Waals surface area contributed by atoms with E-state index in [4.69, 9.17) is 5.73 Å². The number of nitrogens with zero attached hydrogens (tertiary/aromatic N) is 2. The van der Waals surface area contributed by atoms with Crippen molar-refractivity contribution in [2.24, 2.45) is 10.7 Å². The number of nitrogens with two attached hydrogens (primary N) is 1. The Morgan fingerprint density at radius 2 is 1.85 bits per heavy atom. The van der Waals surface area contributed by atoms with Crippen molar-refractivity contribution in [3.05, 3.63) is 65.0 Å². The Balaban J connectivity index is 0.00000261. The van der Waals surface area contributed by atoms with E-state index in [0.29, 0.717) is 12.5 Å². The van der Waals surface area contributed by atoms with Crippen LogP contribution in [0.25, 0.3) is 0 Å². The SMILES string of the molecule is CN(C)C(CN=C(N)Nc1cccc2c1CCCC2)c1ccc(F)cc1.I. The minimum atomic E-state index is -0.232. The number of likely N-dealkylation sites (N-methyl/N-ethyl adjacent to an activating group) is 1. The van der Waals surface area contributed by atoms with Crippen molar-refractivity contribution in [3.8, 4) is 0 Å². The maximum Gasteiger partial charge on any atom is 0.193 e. The number of fused-ring (bicyclic) bond motifs is 1. The zero-order valence-electron chi connectivity index (χ0n) is 15.9. The molecule has 3 N–H and O–H groups in total. The molecule has 0 fully saturated rings. The first-order valence-electron chi connectivity index (χ1n) is 9.14. The summed E-state index contributed by atoms with van der Waals surface area (Å²) < 4.78 is 13.2. The summed E-state index contributed by atoms with van der Waals surface area (Å²) in [5.74, 6) is 0.183. The first-order valence-corrected chi connectivity index (χ1v) is 9.14. The molecule has 0 aliphatic heterocycles. The van der Waals surface area contributed by atoms with Gasteiger partial charge >= 0.3 is 0 Å². The van der Waals surface area contributed by atoms with E-state index in [1.54, 1.807) is 12.1 Å². The third kappa shape index (κ3) is 5.65. The largest absolute Gasteiger partial charge is 0.370 e. The monoisotopic (exact) mass is 482 g/mol. The highest BCUT2D eigenvalue weighted by molar-refractivity contribution is 14.0. The molecule has 3 rings (SSSR count). The fourth-order valence-corrected chi connectivity index (χ4v) is 3.51. The van der Waals surface area contributed by atoms with Gasteiger partial charge in [-0.15, -0.1) is 24.0 Å². The zero-order chi connectivity index (χ0) is 18.5. The molecule has 0 aromatic heterocycles. The van der Waals surface area contributed by atoms with Crippen LogP contribution in [0.4, 0.5) is 10.1 Å². The Kier molecular flexibility index (Phi) is 8.04. The predicted octanol–water partition coefficient (Wildman–Crippen LogP) is 4.35. The van der Waals surface area contributed by atoms with E-state index in [9.17, 15) is 4.39 Å². The van der Waals surface area contributed by atoms with Gasteiger partial charge in [-0.3, -0.25) is 4.99 Å². The average molecular weight is 482 g/mol. The van der Waals surface area contributed by atoms with E-state index in [0.717, 1.165) is 24.1 Å². The molecule has 1 atom stereocenters. The van der Waals surface area contributed by atoms with Gasteiger partial charge in [-0.2, -0.15) is 0 Å². The number of rotatable bonds is 5. The molecule has 0 radical (unpaired) electrons. The lowest BCUT2D eigenvalue weighted by molar-refractivity contribution is 0.306. The van der Waals surface area contributed by atoms with Crippen molar-refractivity contribution >= 4 is 35.6 Å². The molecule has 146 valence electrons. The van der Waals surface area contributed by atoms with Gasteiger partial charge in [0.2, 0.25) is 0 Å². The molecule has 0 amide bonds. The van der Waals surface area contributed by atoms with Gasteiger partial charge in [-0.1, -0.05) is 24.3 Å². The van der Waals surface area contributed by atoms with Crippen molar-refractivity contribution in [1.82, 2.24) is 4.90 Å². The molecular weight excluding hydrogens is 454 g/mol. The molecule has 0 bridgehead atoms. The van der Waals surface area contributed by atoms with Crippen LogP contribution in [0.15, 0.2) is 47.5 Å². The smallest absolute Gasteiger partial charge is 0.193 e. The minimum absolute atomic E-state index is 0. The summed E-state index contributed by atoms with van der Waals surface area (Å²) in [5.41, 5.74) is 11.0. The summed E-state index contributed by atoms with van der Waals surface area (Å²) >= 11 is 0. The van der Waals surface area contributed by atoms with Crippen LogP contribution in [-0.4, -0.2) is 31.5 Å². The number of halogens is 2. The van der Waals surface area contributed by atoms with E-state index >= 15 is 0 Å². The van der Waals surface area contributed by atoms with Gasteiger partial charge < -0.3 is 16.0 Å². The normalized spacial score (nSPS) is 15.0. The van der Waals surface area contributed by atoms with E-state index in [1.165, 1.54) is 36.1 Å². The van der Waals surface area contributed by atoms with E-state index in [2.05, 4.69) is 33.4 Å². The molecular formula is C21H28FIN4. The van der Waals surface area contributed by atoms with Crippen molar-refractivity contribution in [1.29, 1.82) is 0 Å². The van der Waals surface area contributed by atoms with Gasteiger partial charge in [-0.25, -0.2) is 4.39 Å². The standard InChI is InChI=1S/C21H27FN4.HI/c1-26(2)20(16-10-12-17(22)13-11-16)14-24-21(23)25-19-9-5-7-15-6-3-4-8-18(15)19;/h5,7,9-13,20H,3-4,6,8,14H2,1-2H3,(H3,23,24,25);1H. The number of hydrogen-bond acceptors (Lipinski definition) is 2. The lowest BCUT2D eigenvalue weighted by Gasteiger charge is -2.23. The Labute approximate surface area is 178 Å². The summed E-state index contributed by atoms with van der Waals surface area (Å²) in [6, 6.07) is 12.9. The molecule has 6 heteroatoms. The van der Waals surface area contributed by atoms with E-state index in [-0.39, 0.29) is 35.8 Å². The van der Waals surface area contributed by atoms with Gasteiger partial charge in [0, 0.05) is 5.69 Å².